The van der Waals surface area contributed by atoms with Crippen molar-refractivity contribution in [1.82, 2.24) is 9.55 Å². The van der Waals surface area contributed by atoms with Gasteiger partial charge in [-0.1, -0.05) is 49.0 Å². The molecular weight excluding hydrogens is 366 g/mol. The molecule has 7 heteroatoms. The Labute approximate surface area is 157 Å². The minimum Gasteiger partial charge on any atom is -0.325 e. The lowest BCUT2D eigenvalue weighted by Crippen LogP contribution is -2.14. The van der Waals surface area contributed by atoms with Gasteiger partial charge in [0.2, 0.25) is 0 Å². The van der Waals surface area contributed by atoms with E-state index >= 15 is 0 Å². The summed E-state index contributed by atoms with van der Waals surface area (Å²) in [6, 6.07) is 14.4. The zero-order valence-corrected chi connectivity index (χ0v) is 16.0. The number of aromatic nitrogens is 2. The molecule has 0 radical (unpaired) electrons. The first-order chi connectivity index (χ1) is 12.6. The van der Waals surface area contributed by atoms with Gasteiger partial charge in [-0.05, 0) is 30.2 Å². The fraction of sp³-hybridized carbons (Fsp3) is 0.211. The van der Waals surface area contributed by atoms with Crippen molar-refractivity contribution in [3.05, 3.63) is 60.3 Å². The molecule has 3 aromatic rings. The molecule has 1 aliphatic heterocycles. The van der Waals surface area contributed by atoms with Crippen LogP contribution in [0.4, 0.5) is 5.69 Å². The van der Waals surface area contributed by atoms with Crippen molar-refractivity contribution in [2.75, 3.05) is 10.5 Å². The topological polar surface area (TPSA) is 64.0 Å². The molecule has 1 aromatic heterocycles. The van der Waals surface area contributed by atoms with Gasteiger partial charge in [0.25, 0.3) is 10.0 Å². The summed E-state index contributed by atoms with van der Waals surface area (Å²) >= 11 is 1.76. The molecule has 0 fully saturated rings. The van der Waals surface area contributed by atoms with E-state index < -0.39 is 10.0 Å². The minimum atomic E-state index is -3.60. The highest BCUT2D eigenvalue weighted by Crippen LogP contribution is 2.29. The third-order valence-corrected chi connectivity index (χ3v) is 6.83. The lowest BCUT2D eigenvalue weighted by atomic mass is 10.1. The van der Waals surface area contributed by atoms with Crippen LogP contribution >= 0.6 is 11.8 Å². The summed E-state index contributed by atoms with van der Waals surface area (Å²) in [5.41, 5.74) is 3.24. The van der Waals surface area contributed by atoms with Gasteiger partial charge in [-0.3, -0.25) is 4.72 Å². The Hall–Kier alpha value is -2.25. The molecule has 4 rings (SSSR count). The van der Waals surface area contributed by atoms with Crippen molar-refractivity contribution in [1.29, 1.82) is 0 Å². The number of hydrogen-bond donors (Lipinski definition) is 1. The van der Waals surface area contributed by atoms with Gasteiger partial charge in [-0.15, -0.1) is 0 Å². The van der Waals surface area contributed by atoms with E-state index in [0.29, 0.717) is 17.0 Å². The minimum absolute atomic E-state index is 0.328. The van der Waals surface area contributed by atoms with E-state index in [1.54, 1.807) is 36.0 Å². The maximum atomic E-state index is 12.7. The maximum absolute atomic E-state index is 12.7. The molecule has 5 nitrogen and oxygen atoms in total. The van der Waals surface area contributed by atoms with Gasteiger partial charge in [-0.25, -0.2) is 13.4 Å². The quantitative estimate of drug-likeness (QED) is 0.720. The van der Waals surface area contributed by atoms with Crippen LogP contribution in [0.25, 0.3) is 11.3 Å². The van der Waals surface area contributed by atoms with Gasteiger partial charge in [0.05, 0.1) is 10.6 Å². The monoisotopic (exact) mass is 385 g/mol. The Bertz CT molecular complexity index is 1020. The standard InChI is InChI=1S/C19H19N3O2S2/c1-2-14-5-3-4-6-18(14)26(23,24)21-16-9-7-15(8-10-16)17-13-22-11-12-25-19(22)20-17/h3-10,13,21H,2,11-12H2,1H3. The molecule has 0 saturated carbocycles. The molecule has 0 unspecified atom stereocenters. The van der Waals surface area contributed by atoms with Crippen LogP contribution in [0.2, 0.25) is 0 Å². The van der Waals surface area contributed by atoms with Crippen molar-refractivity contribution in [2.24, 2.45) is 0 Å². The zero-order valence-electron chi connectivity index (χ0n) is 14.3. The molecule has 134 valence electrons. The fourth-order valence-corrected chi connectivity index (χ4v) is 5.34. The Morgan fingerprint density at radius 3 is 2.65 bits per heavy atom. The van der Waals surface area contributed by atoms with E-state index in [-0.39, 0.29) is 0 Å². The smallest absolute Gasteiger partial charge is 0.262 e. The highest BCUT2D eigenvalue weighted by Gasteiger charge is 2.18. The van der Waals surface area contributed by atoms with Crippen LogP contribution in [0.3, 0.4) is 0 Å². The van der Waals surface area contributed by atoms with E-state index in [1.807, 2.05) is 37.4 Å². The summed E-state index contributed by atoms with van der Waals surface area (Å²) in [6.07, 6.45) is 2.71. The number of fused-ring (bicyclic) bond motifs is 1. The van der Waals surface area contributed by atoms with Crippen LogP contribution in [0.1, 0.15) is 12.5 Å². The van der Waals surface area contributed by atoms with Crippen LogP contribution in [-0.2, 0) is 23.0 Å². The molecule has 1 aliphatic rings. The summed E-state index contributed by atoms with van der Waals surface area (Å²) in [5.74, 6) is 1.07. The number of thioether (sulfide) groups is 1. The SMILES string of the molecule is CCc1ccccc1S(=O)(=O)Nc1ccc(-c2cn3c(n2)SCC3)cc1. The van der Waals surface area contributed by atoms with E-state index in [4.69, 9.17) is 0 Å². The summed E-state index contributed by atoms with van der Waals surface area (Å²) in [6.45, 7) is 2.94. The molecule has 0 spiro atoms. The van der Waals surface area contributed by atoms with Gasteiger partial charge in [0, 0.05) is 29.7 Å². The Kier molecular flexibility index (Phi) is 4.50. The maximum Gasteiger partial charge on any atom is 0.262 e. The predicted octanol–water partition coefficient (Wildman–Crippen LogP) is 4.02. The molecule has 0 saturated heterocycles. The number of nitrogens with one attached hydrogen (secondary N) is 1. The largest absolute Gasteiger partial charge is 0.325 e. The summed E-state index contributed by atoms with van der Waals surface area (Å²) in [4.78, 5) is 4.95. The summed E-state index contributed by atoms with van der Waals surface area (Å²) < 4.78 is 30.2. The van der Waals surface area contributed by atoms with E-state index in [0.717, 1.165) is 34.3 Å². The molecule has 0 aliphatic carbocycles. The third kappa shape index (κ3) is 3.24. The molecule has 2 aromatic carbocycles. The van der Waals surface area contributed by atoms with Crippen molar-refractivity contribution < 1.29 is 8.42 Å². The lowest BCUT2D eigenvalue weighted by molar-refractivity contribution is 0.600. The van der Waals surface area contributed by atoms with Gasteiger partial charge >= 0.3 is 0 Å². The van der Waals surface area contributed by atoms with E-state index in [1.165, 1.54) is 0 Å². The van der Waals surface area contributed by atoms with Gasteiger partial charge in [0.1, 0.15) is 0 Å². The first-order valence-corrected chi connectivity index (χ1v) is 10.9. The highest BCUT2D eigenvalue weighted by molar-refractivity contribution is 7.99. The lowest BCUT2D eigenvalue weighted by Gasteiger charge is -2.11. The van der Waals surface area contributed by atoms with Crippen LogP contribution in [0.15, 0.2) is 64.8 Å². The number of hydrogen-bond acceptors (Lipinski definition) is 4. The second-order valence-corrected chi connectivity index (χ2v) is 8.81. The number of anilines is 1. The summed E-state index contributed by atoms with van der Waals surface area (Å²) in [5, 5.41) is 1.04. The molecule has 26 heavy (non-hydrogen) atoms. The predicted molar refractivity (Wildman–Crippen MR) is 105 cm³/mol. The normalized spacial score (nSPS) is 13.6. The van der Waals surface area contributed by atoms with E-state index in [2.05, 4.69) is 14.3 Å². The Balaban J connectivity index is 1.57. The second kappa shape index (κ2) is 6.81. The Morgan fingerprint density at radius 2 is 1.92 bits per heavy atom. The number of rotatable bonds is 5. The number of sulfonamides is 1. The fourth-order valence-electron chi connectivity index (χ4n) is 3.03. The number of aryl methyl sites for hydroxylation is 2. The molecule has 0 bridgehead atoms. The zero-order chi connectivity index (χ0) is 18.1. The molecule has 2 heterocycles. The number of benzene rings is 2. The molecule has 1 N–H and O–H groups in total. The second-order valence-electron chi connectivity index (χ2n) is 6.09. The van der Waals surface area contributed by atoms with Crippen LogP contribution in [0, 0.1) is 0 Å². The summed E-state index contributed by atoms with van der Waals surface area (Å²) in [7, 11) is -3.60. The van der Waals surface area contributed by atoms with Crippen LogP contribution in [0.5, 0.6) is 0 Å². The molecular formula is C19H19N3O2S2. The Morgan fingerprint density at radius 1 is 1.15 bits per heavy atom. The first kappa shape index (κ1) is 17.2. The van der Waals surface area contributed by atoms with Crippen molar-refractivity contribution in [3.63, 3.8) is 0 Å². The number of nitrogens with zero attached hydrogens (tertiary/aromatic N) is 2. The van der Waals surface area contributed by atoms with E-state index in [9.17, 15) is 8.42 Å². The van der Waals surface area contributed by atoms with Gasteiger partial charge in [0.15, 0.2) is 5.16 Å². The molecule has 0 amide bonds. The average Bonchev–Trinajstić information content (AvgIpc) is 3.24. The average molecular weight is 386 g/mol. The van der Waals surface area contributed by atoms with Crippen molar-refractivity contribution >= 4 is 27.5 Å². The van der Waals surface area contributed by atoms with Gasteiger partial charge in [-0.2, -0.15) is 0 Å². The number of imidazole rings is 1. The van der Waals surface area contributed by atoms with Crippen molar-refractivity contribution in [2.45, 2.75) is 29.9 Å². The van der Waals surface area contributed by atoms with Gasteiger partial charge < -0.3 is 4.57 Å². The highest BCUT2D eigenvalue weighted by atomic mass is 32.2. The first-order valence-electron chi connectivity index (χ1n) is 8.48. The van der Waals surface area contributed by atoms with Crippen molar-refractivity contribution in [3.8, 4) is 11.3 Å². The van der Waals surface area contributed by atoms with Crippen LogP contribution < -0.4 is 4.72 Å². The van der Waals surface area contributed by atoms with Crippen LogP contribution in [-0.4, -0.2) is 23.7 Å². The molecule has 0 atom stereocenters. The third-order valence-electron chi connectivity index (χ3n) is 4.38.